The number of hydrogen-bond donors (Lipinski definition) is 0. The molecule has 0 radical (unpaired) electrons. The van der Waals surface area contributed by atoms with Crippen LogP contribution in [0.5, 0.6) is 0 Å². The third-order valence-electron chi connectivity index (χ3n) is 5.97. The molecule has 0 spiro atoms. The standard InChI is InChI=1S/C21H34N6O/c1-5-18-19(13-22)21(24-23-20(18)6-2)26-9-7-25(8-10-26)14-17-15-27(16(3)4)11-12-28-17/h16-17H,5-12,14-15H2,1-4H3. The van der Waals surface area contributed by atoms with E-state index in [0.717, 1.165) is 82.3 Å². The monoisotopic (exact) mass is 386 g/mol. The molecule has 1 atom stereocenters. The first kappa shape index (κ1) is 21.0. The summed E-state index contributed by atoms with van der Waals surface area (Å²) in [7, 11) is 0. The van der Waals surface area contributed by atoms with Crippen molar-refractivity contribution >= 4 is 5.82 Å². The predicted octanol–water partition coefficient (Wildman–Crippen LogP) is 1.70. The summed E-state index contributed by atoms with van der Waals surface area (Å²) in [6, 6.07) is 2.97. The third-order valence-corrected chi connectivity index (χ3v) is 5.97. The molecule has 0 saturated carbocycles. The van der Waals surface area contributed by atoms with Crippen LogP contribution in [0.4, 0.5) is 5.82 Å². The first-order valence-corrected chi connectivity index (χ1v) is 10.7. The molecule has 2 fully saturated rings. The number of hydrogen-bond acceptors (Lipinski definition) is 7. The van der Waals surface area contributed by atoms with Crippen molar-refractivity contribution in [2.24, 2.45) is 0 Å². The Hall–Kier alpha value is -1.75. The van der Waals surface area contributed by atoms with Crippen molar-refractivity contribution in [1.29, 1.82) is 5.26 Å². The van der Waals surface area contributed by atoms with Gasteiger partial charge in [0.1, 0.15) is 11.6 Å². The van der Waals surface area contributed by atoms with Crippen LogP contribution in [0.2, 0.25) is 0 Å². The van der Waals surface area contributed by atoms with Gasteiger partial charge in [-0.2, -0.15) is 10.4 Å². The van der Waals surface area contributed by atoms with Crippen LogP contribution in [0.1, 0.15) is 44.5 Å². The zero-order chi connectivity index (χ0) is 20.1. The van der Waals surface area contributed by atoms with Gasteiger partial charge in [0.2, 0.25) is 0 Å². The van der Waals surface area contributed by atoms with Crippen molar-refractivity contribution in [3.63, 3.8) is 0 Å². The number of piperazine rings is 1. The highest BCUT2D eigenvalue weighted by Gasteiger charge is 2.27. The number of ether oxygens (including phenoxy) is 1. The number of aromatic nitrogens is 2. The summed E-state index contributed by atoms with van der Waals surface area (Å²) in [4.78, 5) is 7.20. The van der Waals surface area contributed by atoms with Crippen molar-refractivity contribution in [1.82, 2.24) is 20.0 Å². The summed E-state index contributed by atoms with van der Waals surface area (Å²) in [5.74, 6) is 0.760. The van der Waals surface area contributed by atoms with E-state index in [9.17, 15) is 5.26 Å². The molecule has 0 aliphatic carbocycles. The maximum absolute atomic E-state index is 9.74. The fourth-order valence-electron chi connectivity index (χ4n) is 4.25. The molecular weight excluding hydrogens is 352 g/mol. The minimum Gasteiger partial charge on any atom is -0.374 e. The minimum atomic E-state index is 0.285. The van der Waals surface area contributed by atoms with Crippen molar-refractivity contribution in [2.75, 3.05) is 57.3 Å². The molecule has 0 aromatic carbocycles. The topological polar surface area (TPSA) is 68.5 Å². The number of anilines is 1. The van der Waals surface area contributed by atoms with Gasteiger partial charge < -0.3 is 9.64 Å². The van der Waals surface area contributed by atoms with Crippen LogP contribution in [-0.4, -0.2) is 84.6 Å². The summed E-state index contributed by atoms with van der Waals surface area (Å²) >= 11 is 0. The molecule has 3 rings (SSSR count). The molecule has 0 bridgehead atoms. The molecule has 154 valence electrons. The Kier molecular flexibility index (Phi) is 7.22. The highest BCUT2D eigenvalue weighted by atomic mass is 16.5. The highest BCUT2D eigenvalue weighted by molar-refractivity contribution is 5.58. The summed E-state index contributed by atoms with van der Waals surface area (Å²) in [5.41, 5.74) is 2.72. The fourth-order valence-corrected chi connectivity index (χ4v) is 4.25. The van der Waals surface area contributed by atoms with Gasteiger partial charge in [0.05, 0.1) is 18.4 Å². The maximum atomic E-state index is 9.74. The smallest absolute Gasteiger partial charge is 0.169 e. The zero-order valence-corrected chi connectivity index (χ0v) is 17.8. The van der Waals surface area contributed by atoms with Gasteiger partial charge in [0.25, 0.3) is 0 Å². The second-order valence-corrected chi connectivity index (χ2v) is 8.01. The van der Waals surface area contributed by atoms with E-state index < -0.39 is 0 Å². The Morgan fingerprint density at radius 2 is 1.86 bits per heavy atom. The molecule has 3 heterocycles. The number of aryl methyl sites for hydroxylation is 1. The van der Waals surface area contributed by atoms with E-state index in [2.05, 4.69) is 58.7 Å². The lowest BCUT2D eigenvalue weighted by molar-refractivity contribution is -0.0525. The second kappa shape index (κ2) is 9.64. The summed E-state index contributed by atoms with van der Waals surface area (Å²) in [6.07, 6.45) is 1.92. The number of nitriles is 1. The second-order valence-electron chi connectivity index (χ2n) is 8.01. The highest BCUT2D eigenvalue weighted by Crippen LogP contribution is 2.24. The first-order chi connectivity index (χ1) is 13.6. The van der Waals surface area contributed by atoms with Gasteiger partial charge in [0, 0.05) is 51.9 Å². The molecule has 1 unspecified atom stereocenters. The average Bonchev–Trinajstić information content (AvgIpc) is 2.73. The molecule has 28 heavy (non-hydrogen) atoms. The van der Waals surface area contributed by atoms with Gasteiger partial charge in [-0.1, -0.05) is 13.8 Å². The largest absolute Gasteiger partial charge is 0.374 e. The van der Waals surface area contributed by atoms with Gasteiger partial charge in [-0.15, -0.1) is 5.10 Å². The SMILES string of the molecule is CCc1nnc(N2CCN(CC3CN(C(C)C)CCO3)CC2)c(C#N)c1CC. The molecule has 0 amide bonds. The van der Waals surface area contributed by atoms with Crippen LogP contribution < -0.4 is 4.90 Å². The maximum Gasteiger partial charge on any atom is 0.169 e. The van der Waals surface area contributed by atoms with E-state index in [0.29, 0.717) is 11.6 Å². The lowest BCUT2D eigenvalue weighted by atomic mass is 10.0. The quantitative estimate of drug-likeness (QED) is 0.737. The number of rotatable bonds is 6. The molecule has 2 aliphatic heterocycles. The van der Waals surface area contributed by atoms with Crippen LogP contribution >= 0.6 is 0 Å². The van der Waals surface area contributed by atoms with E-state index >= 15 is 0 Å². The molecule has 7 heteroatoms. The van der Waals surface area contributed by atoms with E-state index in [1.54, 1.807) is 0 Å². The first-order valence-electron chi connectivity index (χ1n) is 10.7. The van der Waals surface area contributed by atoms with E-state index in [-0.39, 0.29) is 6.10 Å². The van der Waals surface area contributed by atoms with Gasteiger partial charge in [0.15, 0.2) is 5.82 Å². The van der Waals surface area contributed by atoms with E-state index in [1.807, 2.05) is 0 Å². The summed E-state index contributed by atoms with van der Waals surface area (Å²) in [5, 5.41) is 18.6. The van der Waals surface area contributed by atoms with Crippen LogP contribution in [0.3, 0.4) is 0 Å². The number of morpholine rings is 1. The van der Waals surface area contributed by atoms with Crippen molar-refractivity contribution in [3.05, 3.63) is 16.8 Å². The van der Waals surface area contributed by atoms with Crippen LogP contribution in [0, 0.1) is 11.3 Å². The van der Waals surface area contributed by atoms with Gasteiger partial charge in [-0.05, 0) is 32.3 Å². The Bertz CT molecular complexity index is 693. The molecule has 1 aromatic rings. The van der Waals surface area contributed by atoms with Crippen molar-refractivity contribution < 1.29 is 4.74 Å². The van der Waals surface area contributed by atoms with Gasteiger partial charge in [-0.25, -0.2) is 0 Å². The van der Waals surface area contributed by atoms with E-state index in [1.165, 1.54) is 0 Å². The predicted molar refractivity (Wildman–Crippen MR) is 111 cm³/mol. The number of nitrogens with zero attached hydrogens (tertiary/aromatic N) is 6. The average molecular weight is 387 g/mol. The summed E-state index contributed by atoms with van der Waals surface area (Å²) in [6.45, 7) is 16.2. The van der Waals surface area contributed by atoms with E-state index in [4.69, 9.17) is 4.74 Å². The zero-order valence-electron chi connectivity index (χ0n) is 17.8. The van der Waals surface area contributed by atoms with Crippen molar-refractivity contribution in [3.8, 4) is 6.07 Å². The molecule has 7 nitrogen and oxygen atoms in total. The Morgan fingerprint density at radius 3 is 2.46 bits per heavy atom. The molecule has 1 aromatic heterocycles. The van der Waals surface area contributed by atoms with Crippen LogP contribution in [0.15, 0.2) is 0 Å². The van der Waals surface area contributed by atoms with Crippen molar-refractivity contribution in [2.45, 2.75) is 52.7 Å². The minimum absolute atomic E-state index is 0.285. The molecular formula is C21H34N6O. The summed E-state index contributed by atoms with van der Waals surface area (Å²) < 4.78 is 6.00. The molecule has 2 saturated heterocycles. The molecule has 2 aliphatic rings. The Balaban J connectivity index is 1.61. The van der Waals surface area contributed by atoms with Crippen LogP contribution in [0.25, 0.3) is 0 Å². The fraction of sp³-hybridized carbons (Fsp3) is 0.762. The van der Waals surface area contributed by atoms with Gasteiger partial charge >= 0.3 is 0 Å². The Labute approximate surface area is 169 Å². The van der Waals surface area contributed by atoms with Crippen LogP contribution in [-0.2, 0) is 17.6 Å². The third kappa shape index (κ3) is 4.62. The Morgan fingerprint density at radius 1 is 1.11 bits per heavy atom. The van der Waals surface area contributed by atoms with Gasteiger partial charge in [-0.3, -0.25) is 9.80 Å². The lowest BCUT2D eigenvalue weighted by Gasteiger charge is -2.40. The normalized spacial score (nSPS) is 21.9. The molecule has 0 N–H and O–H groups in total. The lowest BCUT2D eigenvalue weighted by Crippen LogP contribution is -2.53.